The van der Waals surface area contributed by atoms with Crippen LogP contribution in [0.4, 0.5) is 11.4 Å². The maximum atomic E-state index is 12.2. The Labute approximate surface area is 139 Å². The molecule has 0 saturated heterocycles. The first kappa shape index (κ1) is 17.3. The summed E-state index contributed by atoms with van der Waals surface area (Å²) in [5.41, 5.74) is 6.80. The van der Waals surface area contributed by atoms with Crippen LogP contribution in [0, 0.1) is 0 Å². The molecule has 0 unspecified atom stereocenters. The highest BCUT2D eigenvalue weighted by Crippen LogP contribution is 2.25. The second-order valence-corrected chi connectivity index (χ2v) is 7.86. The molecule has 0 aromatic heterocycles. The molecule has 1 atom stereocenters. The van der Waals surface area contributed by atoms with E-state index in [9.17, 15) is 13.2 Å². The first-order valence-electron chi connectivity index (χ1n) is 6.71. The van der Waals surface area contributed by atoms with E-state index in [1.807, 2.05) is 12.1 Å². The lowest BCUT2D eigenvalue weighted by atomic mass is 10.3. The molecule has 0 fully saturated rings. The maximum absolute atomic E-state index is 12.2. The first-order valence-corrected chi connectivity index (χ1v) is 9.14. The zero-order chi connectivity index (χ0) is 17.0. The van der Waals surface area contributed by atoms with Crippen LogP contribution < -0.4 is 16.2 Å². The third-order valence-corrected chi connectivity index (χ3v) is 5.05. The van der Waals surface area contributed by atoms with Crippen LogP contribution in [0.1, 0.15) is 6.92 Å². The van der Waals surface area contributed by atoms with Gasteiger partial charge in [0, 0.05) is 16.3 Å². The molecule has 23 heavy (non-hydrogen) atoms. The quantitative estimate of drug-likeness (QED) is 0.563. The highest BCUT2D eigenvalue weighted by Gasteiger charge is 2.15. The molecule has 8 heteroatoms. The summed E-state index contributed by atoms with van der Waals surface area (Å²) in [6.07, 6.45) is 0. The molecule has 122 valence electrons. The van der Waals surface area contributed by atoms with Gasteiger partial charge in [-0.25, -0.2) is 13.6 Å². The van der Waals surface area contributed by atoms with Crippen molar-refractivity contribution >= 4 is 39.1 Å². The largest absolute Gasteiger partial charge is 0.399 e. The number of hydrogen-bond donors (Lipinski definition) is 3. The smallest absolute Gasteiger partial charge is 0.238 e. The highest BCUT2D eigenvalue weighted by atomic mass is 32.2. The summed E-state index contributed by atoms with van der Waals surface area (Å²) in [4.78, 5) is 13.1. The zero-order valence-corrected chi connectivity index (χ0v) is 14.0. The van der Waals surface area contributed by atoms with Crippen molar-refractivity contribution in [2.45, 2.75) is 22.0 Å². The Morgan fingerprint density at radius 1 is 1.09 bits per heavy atom. The Hall–Kier alpha value is -2.03. The van der Waals surface area contributed by atoms with E-state index in [1.165, 1.54) is 36.0 Å². The topological polar surface area (TPSA) is 115 Å². The molecule has 2 rings (SSSR count). The first-order chi connectivity index (χ1) is 10.8. The monoisotopic (exact) mass is 351 g/mol. The summed E-state index contributed by atoms with van der Waals surface area (Å²) >= 11 is 1.40. The van der Waals surface area contributed by atoms with Crippen LogP contribution in [0.2, 0.25) is 0 Å². The highest BCUT2D eigenvalue weighted by molar-refractivity contribution is 8.00. The maximum Gasteiger partial charge on any atom is 0.238 e. The van der Waals surface area contributed by atoms with E-state index >= 15 is 0 Å². The van der Waals surface area contributed by atoms with Crippen molar-refractivity contribution < 1.29 is 13.2 Å². The minimum absolute atomic E-state index is 0.000188. The summed E-state index contributed by atoms with van der Waals surface area (Å²) in [6.45, 7) is 1.79. The molecule has 0 radical (unpaired) electrons. The lowest BCUT2D eigenvalue weighted by Gasteiger charge is -2.12. The van der Waals surface area contributed by atoms with Gasteiger partial charge in [-0.15, -0.1) is 11.8 Å². The predicted molar refractivity (Wildman–Crippen MR) is 92.6 cm³/mol. The molecule has 0 spiro atoms. The molecule has 2 aromatic carbocycles. The van der Waals surface area contributed by atoms with Crippen LogP contribution in [0.25, 0.3) is 0 Å². The fourth-order valence-electron chi connectivity index (χ4n) is 1.78. The number of primary sulfonamides is 1. The Balaban J connectivity index is 1.99. The Kier molecular flexibility index (Phi) is 5.30. The van der Waals surface area contributed by atoms with Crippen molar-refractivity contribution in [2.75, 3.05) is 11.1 Å². The van der Waals surface area contributed by atoms with Gasteiger partial charge in [0.25, 0.3) is 0 Å². The minimum atomic E-state index is -3.74. The Morgan fingerprint density at radius 3 is 2.17 bits per heavy atom. The number of benzene rings is 2. The number of thioether (sulfide) groups is 1. The van der Waals surface area contributed by atoms with E-state index in [4.69, 9.17) is 10.9 Å². The van der Waals surface area contributed by atoms with Crippen LogP contribution in [-0.2, 0) is 14.8 Å². The fraction of sp³-hybridized carbons (Fsp3) is 0.133. The number of carbonyl (C=O) groups is 1. The second kappa shape index (κ2) is 7.03. The number of carbonyl (C=O) groups excluding carboxylic acids is 1. The van der Waals surface area contributed by atoms with Crippen molar-refractivity contribution in [3.8, 4) is 0 Å². The van der Waals surface area contributed by atoms with Crippen LogP contribution in [0.15, 0.2) is 58.3 Å². The summed E-state index contributed by atoms with van der Waals surface area (Å²) in [6, 6.07) is 13.0. The average Bonchev–Trinajstić information content (AvgIpc) is 2.49. The zero-order valence-electron chi connectivity index (χ0n) is 12.4. The van der Waals surface area contributed by atoms with Gasteiger partial charge in [-0.1, -0.05) is 0 Å². The molecule has 0 aliphatic carbocycles. The molecular formula is C15H17N3O3S2. The van der Waals surface area contributed by atoms with Crippen molar-refractivity contribution in [3.05, 3.63) is 48.5 Å². The lowest BCUT2D eigenvalue weighted by Crippen LogP contribution is -2.22. The number of nitrogens with one attached hydrogen (secondary N) is 1. The molecule has 1 amide bonds. The summed E-state index contributed by atoms with van der Waals surface area (Å²) in [5.74, 6) is -0.185. The fourth-order valence-corrected chi connectivity index (χ4v) is 3.16. The van der Waals surface area contributed by atoms with Gasteiger partial charge in [-0.3, -0.25) is 4.79 Å². The third kappa shape index (κ3) is 4.98. The molecular weight excluding hydrogens is 334 g/mol. The van der Waals surface area contributed by atoms with Gasteiger partial charge in [-0.2, -0.15) is 0 Å². The molecule has 0 bridgehead atoms. The van der Waals surface area contributed by atoms with Crippen LogP contribution >= 0.6 is 11.8 Å². The van der Waals surface area contributed by atoms with Crippen LogP contribution in [0.5, 0.6) is 0 Å². The number of amides is 1. The van der Waals surface area contributed by atoms with Gasteiger partial charge in [0.15, 0.2) is 0 Å². The van der Waals surface area contributed by atoms with Gasteiger partial charge in [0.2, 0.25) is 15.9 Å². The van der Waals surface area contributed by atoms with Gasteiger partial charge in [-0.05, 0) is 55.5 Å². The molecule has 0 heterocycles. The van der Waals surface area contributed by atoms with Crippen molar-refractivity contribution in [3.63, 3.8) is 0 Å². The number of nitrogens with two attached hydrogens (primary N) is 2. The molecule has 5 N–H and O–H groups in total. The van der Waals surface area contributed by atoms with E-state index in [2.05, 4.69) is 5.32 Å². The minimum Gasteiger partial charge on any atom is -0.399 e. The van der Waals surface area contributed by atoms with Gasteiger partial charge in [0.1, 0.15) is 0 Å². The van der Waals surface area contributed by atoms with Crippen LogP contribution in [-0.4, -0.2) is 19.6 Å². The number of hydrogen-bond acceptors (Lipinski definition) is 5. The van der Waals surface area contributed by atoms with E-state index in [1.54, 1.807) is 19.1 Å². The van der Waals surface area contributed by atoms with E-state index in [0.717, 1.165) is 4.90 Å². The molecule has 2 aromatic rings. The predicted octanol–water partition coefficient (Wildman–Crippen LogP) is 2.04. The average molecular weight is 351 g/mol. The van der Waals surface area contributed by atoms with Crippen molar-refractivity contribution in [2.24, 2.45) is 5.14 Å². The number of nitrogen functional groups attached to an aromatic ring is 1. The van der Waals surface area contributed by atoms with Crippen molar-refractivity contribution in [1.29, 1.82) is 0 Å². The normalized spacial score (nSPS) is 12.6. The van der Waals surface area contributed by atoms with E-state index in [-0.39, 0.29) is 16.1 Å². The molecule has 0 aliphatic rings. The third-order valence-electron chi connectivity index (χ3n) is 3.01. The molecule has 6 nitrogen and oxygen atoms in total. The molecule has 0 aliphatic heterocycles. The standard InChI is InChI=1S/C15H17N3O3S2/c1-10(22-13-6-2-11(16)3-7-13)15(19)18-12-4-8-14(9-5-12)23(17,20)21/h2-10H,16H2,1H3,(H,18,19)(H2,17,20,21)/t10-/m0/s1. The number of rotatable bonds is 5. The van der Waals surface area contributed by atoms with E-state index < -0.39 is 10.0 Å². The van der Waals surface area contributed by atoms with Crippen LogP contribution in [0.3, 0.4) is 0 Å². The summed E-state index contributed by atoms with van der Waals surface area (Å²) < 4.78 is 22.4. The number of anilines is 2. The van der Waals surface area contributed by atoms with Gasteiger partial charge < -0.3 is 11.1 Å². The Morgan fingerprint density at radius 2 is 1.65 bits per heavy atom. The summed E-state index contributed by atoms with van der Waals surface area (Å²) in [7, 11) is -3.74. The van der Waals surface area contributed by atoms with Crippen molar-refractivity contribution in [1.82, 2.24) is 0 Å². The lowest BCUT2D eigenvalue weighted by molar-refractivity contribution is -0.115. The SMILES string of the molecule is C[C@H](Sc1ccc(N)cc1)C(=O)Nc1ccc(S(N)(=O)=O)cc1. The summed E-state index contributed by atoms with van der Waals surface area (Å²) in [5, 5.41) is 7.43. The van der Waals surface area contributed by atoms with Gasteiger partial charge in [0.05, 0.1) is 10.1 Å². The second-order valence-electron chi connectivity index (χ2n) is 4.89. The van der Waals surface area contributed by atoms with Gasteiger partial charge >= 0.3 is 0 Å². The van der Waals surface area contributed by atoms with E-state index in [0.29, 0.717) is 11.4 Å². The number of sulfonamides is 1. The Bertz CT molecular complexity index is 788. The molecule has 0 saturated carbocycles.